The van der Waals surface area contributed by atoms with Gasteiger partial charge in [0.15, 0.2) is 23.0 Å². The van der Waals surface area contributed by atoms with E-state index in [-0.39, 0.29) is 29.0 Å². The first-order valence-corrected chi connectivity index (χ1v) is 12.8. The van der Waals surface area contributed by atoms with Crippen LogP contribution in [0.2, 0.25) is 5.02 Å². The molecule has 0 radical (unpaired) electrons. The van der Waals surface area contributed by atoms with Crippen molar-refractivity contribution in [2.75, 3.05) is 26.9 Å². The van der Waals surface area contributed by atoms with E-state index in [1.165, 1.54) is 7.11 Å². The van der Waals surface area contributed by atoms with Crippen LogP contribution in [0.5, 0.6) is 23.0 Å². The molecule has 0 aliphatic carbocycles. The quantitative estimate of drug-likeness (QED) is 0.169. The molecule has 1 aliphatic rings. The fraction of sp³-hybridized carbons (Fsp3) is 0.179. The summed E-state index contributed by atoms with van der Waals surface area (Å²) in [5, 5.41) is 0.123. The van der Waals surface area contributed by atoms with Gasteiger partial charge in [-0.1, -0.05) is 29.8 Å². The second kappa shape index (κ2) is 12.5. The summed E-state index contributed by atoms with van der Waals surface area (Å²) in [6, 6.07) is 18.4. The van der Waals surface area contributed by atoms with Gasteiger partial charge in [0.25, 0.3) is 11.1 Å². The Bertz CT molecular complexity index is 1370. The summed E-state index contributed by atoms with van der Waals surface area (Å²) in [7, 11) is 1.54. The fourth-order valence-electron chi connectivity index (χ4n) is 3.54. The van der Waals surface area contributed by atoms with Crippen molar-refractivity contribution in [3.63, 3.8) is 0 Å². The van der Waals surface area contributed by atoms with Gasteiger partial charge in [-0.25, -0.2) is 4.79 Å². The van der Waals surface area contributed by atoms with E-state index in [4.69, 9.17) is 30.5 Å². The number of methoxy groups -OCH3 is 1. The SMILES string of the molecule is CCOc1cc(/C=C2\SC(=O)N(CCOc3ccccc3OC)C2=O)ccc1OC(=O)c1ccc(Cl)cc1. The number of hydrogen-bond acceptors (Lipinski definition) is 8. The van der Waals surface area contributed by atoms with Gasteiger partial charge in [0, 0.05) is 5.02 Å². The molecule has 0 bridgehead atoms. The number of carbonyl (C=O) groups excluding carboxylic acids is 3. The van der Waals surface area contributed by atoms with Crippen LogP contribution in [0.25, 0.3) is 6.08 Å². The van der Waals surface area contributed by atoms with E-state index in [1.807, 2.05) is 6.07 Å². The van der Waals surface area contributed by atoms with Crippen molar-refractivity contribution in [1.82, 2.24) is 4.90 Å². The van der Waals surface area contributed by atoms with Crippen LogP contribution in [0, 0.1) is 0 Å². The predicted molar refractivity (Wildman–Crippen MR) is 145 cm³/mol. The van der Waals surface area contributed by atoms with Crippen molar-refractivity contribution in [2.24, 2.45) is 0 Å². The maximum Gasteiger partial charge on any atom is 0.343 e. The summed E-state index contributed by atoms with van der Waals surface area (Å²) < 4.78 is 22.1. The lowest BCUT2D eigenvalue weighted by atomic mass is 10.1. The zero-order chi connectivity index (χ0) is 27.1. The average molecular weight is 554 g/mol. The van der Waals surface area contributed by atoms with Crippen LogP contribution < -0.4 is 18.9 Å². The van der Waals surface area contributed by atoms with Gasteiger partial charge in [-0.2, -0.15) is 0 Å². The van der Waals surface area contributed by atoms with Gasteiger partial charge in [0.1, 0.15) is 6.61 Å². The van der Waals surface area contributed by atoms with Crippen LogP contribution in [0.4, 0.5) is 4.79 Å². The topological polar surface area (TPSA) is 91.4 Å². The number of rotatable bonds is 10. The summed E-state index contributed by atoms with van der Waals surface area (Å²) >= 11 is 6.73. The van der Waals surface area contributed by atoms with E-state index < -0.39 is 11.9 Å². The number of benzene rings is 3. The number of carbonyl (C=O) groups is 3. The van der Waals surface area contributed by atoms with Gasteiger partial charge in [-0.15, -0.1) is 0 Å². The lowest BCUT2D eigenvalue weighted by molar-refractivity contribution is -0.123. The molecule has 1 fully saturated rings. The Labute approximate surface area is 229 Å². The number of nitrogens with zero attached hydrogens (tertiary/aromatic N) is 1. The summed E-state index contributed by atoms with van der Waals surface area (Å²) in [5.74, 6) is 0.664. The smallest absolute Gasteiger partial charge is 0.343 e. The number of imide groups is 1. The van der Waals surface area contributed by atoms with Crippen LogP contribution in [0.1, 0.15) is 22.8 Å². The number of hydrogen-bond donors (Lipinski definition) is 0. The third kappa shape index (κ3) is 6.48. The van der Waals surface area contributed by atoms with Crippen molar-refractivity contribution >= 4 is 46.6 Å². The van der Waals surface area contributed by atoms with E-state index in [9.17, 15) is 14.4 Å². The van der Waals surface area contributed by atoms with Crippen LogP contribution in [0.15, 0.2) is 71.6 Å². The molecule has 0 aromatic heterocycles. The molecule has 1 aliphatic heterocycles. The molecule has 0 spiro atoms. The molecule has 1 heterocycles. The molecule has 0 atom stereocenters. The number of thioether (sulfide) groups is 1. The summed E-state index contributed by atoms with van der Waals surface area (Å²) in [6.07, 6.45) is 1.60. The largest absolute Gasteiger partial charge is 0.493 e. The van der Waals surface area contributed by atoms with E-state index in [0.29, 0.717) is 40.0 Å². The first-order valence-electron chi connectivity index (χ1n) is 11.7. The van der Waals surface area contributed by atoms with Gasteiger partial charge < -0.3 is 18.9 Å². The number of para-hydroxylation sites is 2. The molecular weight excluding hydrogens is 530 g/mol. The van der Waals surface area contributed by atoms with Crippen molar-refractivity contribution in [2.45, 2.75) is 6.92 Å². The average Bonchev–Trinajstić information content (AvgIpc) is 3.18. The monoisotopic (exact) mass is 553 g/mol. The van der Waals surface area contributed by atoms with Gasteiger partial charge in [-0.3, -0.25) is 14.5 Å². The first kappa shape index (κ1) is 27.1. The molecule has 3 aromatic carbocycles. The highest BCUT2D eigenvalue weighted by Gasteiger charge is 2.35. The van der Waals surface area contributed by atoms with Crippen LogP contribution in [-0.4, -0.2) is 48.9 Å². The number of halogens is 1. The number of ether oxygens (including phenoxy) is 4. The first-order chi connectivity index (χ1) is 18.4. The molecule has 8 nitrogen and oxygen atoms in total. The summed E-state index contributed by atoms with van der Waals surface area (Å²) in [4.78, 5) is 39.4. The highest BCUT2D eigenvalue weighted by molar-refractivity contribution is 8.18. The number of esters is 1. The van der Waals surface area contributed by atoms with E-state index >= 15 is 0 Å². The van der Waals surface area contributed by atoms with Crippen molar-refractivity contribution < 1.29 is 33.3 Å². The minimum atomic E-state index is -0.563. The highest BCUT2D eigenvalue weighted by atomic mass is 35.5. The number of amides is 2. The third-order valence-electron chi connectivity index (χ3n) is 5.36. The van der Waals surface area contributed by atoms with Gasteiger partial charge in [0.2, 0.25) is 0 Å². The minimum absolute atomic E-state index is 0.0871. The fourth-order valence-corrected chi connectivity index (χ4v) is 4.53. The Hall–Kier alpha value is -3.95. The molecule has 38 heavy (non-hydrogen) atoms. The lowest BCUT2D eigenvalue weighted by Gasteiger charge is -2.14. The molecule has 1 saturated heterocycles. The summed E-state index contributed by atoms with van der Waals surface area (Å²) in [5.41, 5.74) is 0.944. The van der Waals surface area contributed by atoms with Gasteiger partial charge in [0.05, 0.1) is 30.7 Å². The maximum absolute atomic E-state index is 12.9. The molecule has 3 aromatic rings. The van der Waals surface area contributed by atoms with Crippen molar-refractivity contribution in [1.29, 1.82) is 0 Å². The van der Waals surface area contributed by atoms with Crippen molar-refractivity contribution in [3.8, 4) is 23.0 Å². The lowest BCUT2D eigenvalue weighted by Crippen LogP contribution is -2.32. The van der Waals surface area contributed by atoms with Crippen LogP contribution in [-0.2, 0) is 4.79 Å². The van der Waals surface area contributed by atoms with E-state index in [1.54, 1.807) is 73.7 Å². The molecule has 0 saturated carbocycles. The zero-order valence-electron chi connectivity index (χ0n) is 20.6. The normalized spacial score (nSPS) is 14.1. The van der Waals surface area contributed by atoms with E-state index in [0.717, 1.165) is 16.7 Å². The molecule has 0 N–H and O–H groups in total. The Balaban J connectivity index is 1.44. The second-order valence-electron chi connectivity index (χ2n) is 7.87. The van der Waals surface area contributed by atoms with E-state index in [2.05, 4.69) is 0 Å². The highest BCUT2D eigenvalue weighted by Crippen LogP contribution is 2.35. The Morgan fingerprint density at radius 1 is 0.947 bits per heavy atom. The maximum atomic E-state index is 12.9. The van der Waals surface area contributed by atoms with Gasteiger partial charge in [-0.05, 0) is 78.9 Å². The van der Waals surface area contributed by atoms with Crippen LogP contribution in [0.3, 0.4) is 0 Å². The Morgan fingerprint density at radius 2 is 1.68 bits per heavy atom. The Morgan fingerprint density at radius 3 is 2.39 bits per heavy atom. The third-order valence-corrected chi connectivity index (χ3v) is 6.52. The minimum Gasteiger partial charge on any atom is -0.493 e. The van der Waals surface area contributed by atoms with Crippen molar-refractivity contribution in [3.05, 3.63) is 87.8 Å². The zero-order valence-corrected chi connectivity index (χ0v) is 22.2. The molecule has 0 unspecified atom stereocenters. The van der Waals surface area contributed by atoms with Crippen LogP contribution >= 0.6 is 23.4 Å². The summed E-state index contributed by atoms with van der Waals surface area (Å²) in [6.45, 7) is 2.34. The van der Waals surface area contributed by atoms with Gasteiger partial charge >= 0.3 is 5.97 Å². The Kier molecular flexibility index (Phi) is 8.93. The molecule has 196 valence electrons. The molecular formula is C28H24ClNO7S. The molecule has 4 rings (SSSR count). The second-order valence-corrected chi connectivity index (χ2v) is 9.30. The molecule has 2 amide bonds. The predicted octanol–water partition coefficient (Wildman–Crippen LogP) is 6.08. The molecule has 10 heteroatoms. The standard InChI is InChI=1S/C28H24ClNO7S/c1-3-35-24-16-18(8-13-23(24)37-27(32)19-9-11-20(29)12-10-19)17-25-26(31)30(28(33)38-25)14-15-36-22-7-5-4-6-21(22)34-2/h4-13,16-17H,3,14-15H2,1-2H3/b25-17-.